The number of nitrogens with one attached hydrogen (secondary N) is 1. The van der Waals surface area contributed by atoms with Crippen LogP contribution in [0.3, 0.4) is 0 Å². The quantitative estimate of drug-likeness (QED) is 0.698. The number of ether oxygens (including phenoxy) is 1. The summed E-state index contributed by atoms with van der Waals surface area (Å²) in [6.07, 6.45) is 3.61. The van der Waals surface area contributed by atoms with Crippen LogP contribution >= 0.6 is 0 Å². The standard InChI is InChI=1S/C11H17NO4/c1-2-5-16-11(15)12-9-4-3-8(6-9)7-10(13)14/h2,8-9H,1,3-7H2,(H,12,15)(H,13,14)/t8-,9+/m1/s1. The van der Waals surface area contributed by atoms with Gasteiger partial charge in [0.1, 0.15) is 6.61 Å². The molecule has 0 saturated heterocycles. The fourth-order valence-corrected chi connectivity index (χ4v) is 1.98. The summed E-state index contributed by atoms with van der Waals surface area (Å²) in [7, 11) is 0. The lowest BCUT2D eigenvalue weighted by molar-refractivity contribution is -0.138. The average Bonchev–Trinajstić information content (AvgIpc) is 2.61. The molecule has 1 aliphatic rings. The molecule has 2 atom stereocenters. The summed E-state index contributed by atoms with van der Waals surface area (Å²) in [5.74, 6) is -0.609. The van der Waals surface area contributed by atoms with Crippen LogP contribution < -0.4 is 5.32 Å². The summed E-state index contributed by atoms with van der Waals surface area (Å²) in [4.78, 5) is 21.7. The maximum absolute atomic E-state index is 11.2. The van der Waals surface area contributed by atoms with Gasteiger partial charge in [0.2, 0.25) is 0 Å². The molecule has 1 saturated carbocycles. The zero-order chi connectivity index (χ0) is 12.0. The van der Waals surface area contributed by atoms with Crippen LogP contribution in [0.5, 0.6) is 0 Å². The number of alkyl carbamates (subject to hydrolysis) is 1. The Morgan fingerprint density at radius 2 is 2.25 bits per heavy atom. The number of hydrogen-bond acceptors (Lipinski definition) is 3. The van der Waals surface area contributed by atoms with Crippen molar-refractivity contribution in [1.29, 1.82) is 0 Å². The van der Waals surface area contributed by atoms with Gasteiger partial charge in [-0.05, 0) is 25.2 Å². The maximum atomic E-state index is 11.2. The van der Waals surface area contributed by atoms with Crippen LogP contribution in [-0.4, -0.2) is 29.8 Å². The lowest BCUT2D eigenvalue weighted by Gasteiger charge is -2.12. The lowest BCUT2D eigenvalue weighted by Crippen LogP contribution is -2.33. The van der Waals surface area contributed by atoms with Crippen molar-refractivity contribution in [1.82, 2.24) is 5.32 Å². The molecule has 5 nitrogen and oxygen atoms in total. The van der Waals surface area contributed by atoms with Gasteiger partial charge in [-0.25, -0.2) is 4.79 Å². The molecule has 0 bridgehead atoms. The van der Waals surface area contributed by atoms with E-state index in [1.807, 2.05) is 0 Å². The van der Waals surface area contributed by atoms with Gasteiger partial charge in [0.15, 0.2) is 0 Å². The second-order valence-corrected chi connectivity index (χ2v) is 4.01. The Morgan fingerprint density at radius 1 is 1.50 bits per heavy atom. The number of carboxylic acids is 1. The highest BCUT2D eigenvalue weighted by Gasteiger charge is 2.27. The average molecular weight is 227 g/mol. The molecule has 1 aliphatic carbocycles. The van der Waals surface area contributed by atoms with Crippen molar-refractivity contribution in [3.63, 3.8) is 0 Å². The summed E-state index contributed by atoms with van der Waals surface area (Å²) in [5, 5.41) is 11.4. The first-order chi connectivity index (χ1) is 7.61. The number of amides is 1. The SMILES string of the molecule is C=CCOC(=O)N[C@H]1CC[C@@H](CC(=O)O)C1. The number of carbonyl (C=O) groups excluding carboxylic acids is 1. The molecule has 0 radical (unpaired) electrons. The monoisotopic (exact) mass is 227 g/mol. The van der Waals surface area contributed by atoms with Gasteiger partial charge >= 0.3 is 12.1 Å². The van der Waals surface area contributed by atoms with E-state index < -0.39 is 12.1 Å². The van der Waals surface area contributed by atoms with E-state index in [1.54, 1.807) is 0 Å². The molecule has 0 aromatic heterocycles. The molecular weight excluding hydrogens is 210 g/mol. The molecule has 2 N–H and O–H groups in total. The van der Waals surface area contributed by atoms with Crippen LogP contribution in [0.2, 0.25) is 0 Å². The van der Waals surface area contributed by atoms with Crippen molar-refractivity contribution >= 4 is 12.1 Å². The van der Waals surface area contributed by atoms with E-state index in [0.29, 0.717) is 0 Å². The first-order valence-electron chi connectivity index (χ1n) is 5.37. The number of carbonyl (C=O) groups is 2. The smallest absolute Gasteiger partial charge is 0.407 e. The molecule has 0 spiro atoms. The lowest BCUT2D eigenvalue weighted by atomic mass is 10.0. The van der Waals surface area contributed by atoms with Crippen molar-refractivity contribution in [2.75, 3.05) is 6.61 Å². The van der Waals surface area contributed by atoms with Crippen molar-refractivity contribution < 1.29 is 19.4 Å². The van der Waals surface area contributed by atoms with E-state index in [9.17, 15) is 9.59 Å². The van der Waals surface area contributed by atoms with E-state index in [4.69, 9.17) is 9.84 Å². The molecule has 1 amide bonds. The Bertz CT molecular complexity index is 277. The number of hydrogen-bond donors (Lipinski definition) is 2. The summed E-state index contributed by atoms with van der Waals surface area (Å²) in [6, 6.07) is 0.0432. The molecule has 1 fully saturated rings. The Labute approximate surface area is 94.5 Å². The van der Waals surface area contributed by atoms with Crippen LogP contribution in [-0.2, 0) is 9.53 Å². The van der Waals surface area contributed by atoms with Crippen LogP contribution in [0, 0.1) is 5.92 Å². The van der Waals surface area contributed by atoms with Gasteiger partial charge in [0, 0.05) is 12.5 Å². The minimum absolute atomic E-state index is 0.0432. The molecule has 5 heteroatoms. The Hall–Kier alpha value is -1.52. The highest BCUT2D eigenvalue weighted by atomic mass is 16.5. The van der Waals surface area contributed by atoms with E-state index in [2.05, 4.69) is 11.9 Å². The fourth-order valence-electron chi connectivity index (χ4n) is 1.98. The van der Waals surface area contributed by atoms with Crippen LogP contribution in [0.1, 0.15) is 25.7 Å². The summed E-state index contributed by atoms with van der Waals surface area (Å²) in [5.41, 5.74) is 0. The Kier molecular flexibility index (Phi) is 4.82. The summed E-state index contributed by atoms with van der Waals surface area (Å²) in [6.45, 7) is 3.63. The zero-order valence-electron chi connectivity index (χ0n) is 9.15. The normalized spacial score (nSPS) is 23.8. The van der Waals surface area contributed by atoms with Crippen molar-refractivity contribution in [3.8, 4) is 0 Å². The van der Waals surface area contributed by atoms with Gasteiger partial charge in [0.25, 0.3) is 0 Å². The van der Waals surface area contributed by atoms with Gasteiger partial charge in [-0.15, -0.1) is 0 Å². The number of carboxylic acid groups (broad SMARTS) is 1. The molecule has 90 valence electrons. The van der Waals surface area contributed by atoms with E-state index in [1.165, 1.54) is 6.08 Å². The topological polar surface area (TPSA) is 75.6 Å². The molecule has 0 aromatic rings. The van der Waals surface area contributed by atoms with Crippen LogP contribution in [0.4, 0.5) is 4.79 Å². The van der Waals surface area contributed by atoms with Crippen LogP contribution in [0.15, 0.2) is 12.7 Å². The highest BCUT2D eigenvalue weighted by molar-refractivity contribution is 5.68. The first-order valence-corrected chi connectivity index (χ1v) is 5.37. The molecule has 0 aliphatic heterocycles. The molecule has 16 heavy (non-hydrogen) atoms. The predicted octanol–water partition coefficient (Wildman–Crippen LogP) is 1.54. The van der Waals surface area contributed by atoms with Gasteiger partial charge < -0.3 is 15.2 Å². The fraction of sp³-hybridized carbons (Fsp3) is 0.636. The van der Waals surface area contributed by atoms with Crippen molar-refractivity contribution in [2.45, 2.75) is 31.7 Å². The summed E-state index contributed by atoms with van der Waals surface area (Å²) >= 11 is 0. The molecule has 1 rings (SSSR count). The van der Waals surface area contributed by atoms with E-state index in [0.717, 1.165) is 19.3 Å². The van der Waals surface area contributed by atoms with Crippen molar-refractivity contribution in [3.05, 3.63) is 12.7 Å². The predicted molar refractivity (Wildman–Crippen MR) is 58.1 cm³/mol. The molecule has 0 aromatic carbocycles. The third-order valence-electron chi connectivity index (χ3n) is 2.66. The Balaban J connectivity index is 2.22. The van der Waals surface area contributed by atoms with E-state index in [-0.39, 0.29) is 25.0 Å². The highest BCUT2D eigenvalue weighted by Crippen LogP contribution is 2.28. The second kappa shape index (κ2) is 6.15. The maximum Gasteiger partial charge on any atom is 0.407 e. The zero-order valence-corrected chi connectivity index (χ0v) is 9.15. The first kappa shape index (κ1) is 12.5. The number of aliphatic carboxylic acids is 1. The van der Waals surface area contributed by atoms with Gasteiger partial charge in [-0.2, -0.15) is 0 Å². The van der Waals surface area contributed by atoms with Gasteiger partial charge in [0.05, 0.1) is 0 Å². The van der Waals surface area contributed by atoms with Crippen molar-refractivity contribution in [2.24, 2.45) is 5.92 Å². The van der Waals surface area contributed by atoms with E-state index >= 15 is 0 Å². The molecule has 0 heterocycles. The summed E-state index contributed by atoms with van der Waals surface area (Å²) < 4.78 is 4.79. The minimum Gasteiger partial charge on any atom is -0.481 e. The molecule has 0 unspecified atom stereocenters. The Morgan fingerprint density at radius 3 is 2.88 bits per heavy atom. The third-order valence-corrected chi connectivity index (χ3v) is 2.66. The minimum atomic E-state index is -0.778. The largest absolute Gasteiger partial charge is 0.481 e. The third kappa shape index (κ3) is 4.33. The van der Waals surface area contributed by atoms with Crippen LogP contribution in [0.25, 0.3) is 0 Å². The van der Waals surface area contributed by atoms with Gasteiger partial charge in [-0.1, -0.05) is 12.7 Å². The number of rotatable bonds is 5. The van der Waals surface area contributed by atoms with Gasteiger partial charge in [-0.3, -0.25) is 4.79 Å². The molecular formula is C11H17NO4. The second-order valence-electron chi connectivity index (χ2n) is 4.01.